The Hall–Kier alpha value is -2.60. The summed E-state index contributed by atoms with van der Waals surface area (Å²) >= 11 is 1.18. The Bertz CT molecular complexity index is 847. The van der Waals surface area contributed by atoms with E-state index in [2.05, 4.69) is 0 Å². The quantitative estimate of drug-likeness (QED) is 0.794. The molecule has 0 aromatic heterocycles. The van der Waals surface area contributed by atoms with Crippen LogP contribution in [0.25, 0.3) is 6.08 Å². The number of carboxylic acid groups (broad SMARTS) is 1. The van der Waals surface area contributed by atoms with Crippen molar-refractivity contribution in [3.8, 4) is 0 Å². The number of hydrogen-bond donors (Lipinski definition) is 0. The summed E-state index contributed by atoms with van der Waals surface area (Å²) in [4.78, 5) is 25.8. The Labute approximate surface area is 136 Å². The van der Waals surface area contributed by atoms with Gasteiger partial charge in [0, 0.05) is 17.5 Å². The highest BCUT2D eigenvalue weighted by molar-refractivity contribution is 8.04. The van der Waals surface area contributed by atoms with Gasteiger partial charge in [-0.05, 0) is 29.8 Å². The average molecular weight is 328 g/mol. The van der Waals surface area contributed by atoms with Crippen molar-refractivity contribution in [2.45, 2.75) is 4.90 Å². The number of hydrogen-bond acceptors (Lipinski definition) is 4. The molecule has 1 aliphatic heterocycles. The Morgan fingerprint density at radius 1 is 1.26 bits per heavy atom. The van der Waals surface area contributed by atoms with Gasteiger partial charge < -0.3 is 14.8 Å². The molecule has 1 aliphatic rings. The van der Waals surface area contributed by atoms with Crippen molar-refractivity contribution in [2.75, 3.05) is 11.9 Å². The first-order chi connectivity index (χ1) is 11.0. The monoisotopic (exact) mass is 328 g/mol. The largest absolute Gasteiger partial charge is 0.545 e. The smallest absolute Gasteiger partial charge is 0.264 e. The molecule has 2 aromatic rings. The fraction of sp³-hybridized carbons (Fsp3) is 0.0588. The van der Waals surface area contributed by atoms with Crippen molar-refractivity contribution in [3.05, 3.63) is 64.3 Å². The van der Waals surface area contributed by atoms with Crippen LogP contribution in [0.15, 0.2) is 52.3 Å². The van der Waals surface area contributed by atoms with Crippen LogP contribution in [-0.2, 0) is 4.79 Å². The lowest BCUT2D eigenvalue weighted by Gasteiger charge is -2.27. The van der Waals surface area contributed by atoms with E-state index in [0.29, 0.717) is 16.2 Å². The lowest BCUT2D eigenvalue weighted by Crippen LogP contribution is -2.31. The van der Waals surface area contributed by atoms with Gasteiger partial charge >= 0.3 is 0 Å². The van der Waals surface area contributed by atoms with E-state index in [1.807, 2.05) is 0 Å². The van der Waals surface area contributed by atoms with Crippen molar-refractivity contribution in [2.24, 2.45) is 0 Å². The van der Waals surface area contributed by atoms with E-state index in [-0.39, 0.29) is 11.5 Å². The molecule has 0 saturated carbocycles. The molecule has 0 fully saturated rings. The van der Waals surface area contributed by atoms with E-state index >= 15 is 0 Å². The minimum absolute atomic E-state index is 0.00512. The van der Waals surface area contributed by atoms with Crippen LogP contribution in [0.3, 0.4) is 0 Å². The highest BCUT2D eigenvalue weighted by atomic mass is 32.2. The first kappa shape index (κ1) is 15.3. The second-order valence-electron chi connectivity index (χ2n) is 4.97. The normalized spacial score (nSPS) is 15.7. The van der Waals surface area contributed by atoms with Gasteiger partial charge in [-0.3, -0.25) is 4.79 Å². The summed E-state index contributed by atoms with van der Waals surface area (Å²) in [7, 11) is 1.55. The molecule has 1 heterocycles. The molecule has 0 unspecified atom stereocenters. The molecular weight excluding hydrogens is 317 g/mol. The summed E-state index contributed by atoms with van der Waals surface area (Å²) in [5.41, 5.74) is 0.824. The highest BCUT2D eigenvalue weighted by Gasteiger charge is 2.27. The SMILES string of the molecule is CN1C(=O)C(=Cc2ccccc2F)Sc2ccc(C(=O)[O-])cc21. The topological polar surface area (TPSA) is 60.4 Å². The summed E-state index contributed by atoms with van der Waals surface area (Å²) < 4.78 is 13.8. The van der Waals surface area contributed by atoms with Crippen LogP contribution in [0, 0.1) is 5.82 Å². The van der Waals surface area contributed by atoms with Crippen LogP contribution in [-0.4, -0.2) is 18.9 Å². The summed E-state index contributed by atoms with van der Waals surface area (Å²) in [6, 6.07) is 10.6. The lowest BCUT2D eigenvalue weighted by atomic mass is 10.1. The summed E-state index contributed by atoms with van der Waals surface area (Å²) in [5.74, 6) is -2.03. The van der Waals surface area contributed by atoms with E-state index in [0.717, 1.165) is 4.90 Å². The van der Waals surface area contributed by atoms with Gasteiger partial charge in [-0.15, -0.1) is 0 Å². The zero-order chi connectivity index (χ0) is 16.6. The molecule has 0 saturated heterocycles. The Balaban J connectivity index is 2.04. The van der Waals surface area contributed by atoms with Crippen molar-refractivity contribution < 1.29 is 19.1 Å². The van der Waals surface area contributed by atoms with Crippen molar-refractivity contribution >= 4 is 35.4 Å². The average Bonchev–Trinajstić information content (AvgIpc) is 2.54. The molecule has 0 radical (unpaired) electrons. The summed E-state index contributed by atoms with van der Waals surface area (Å²) in [5, 5.41) is 10.9. The van der Waals surface area contributed by atoms with Gasteiger partial charge in [-0.1, -0.05) is 36.0 Å². The number of aromatic carboxylic acids is 1. The van der Waals surface area contributed by atoms with Crippen LogP contribution < -0.4 is 10.0 Å². The maximum Gasteiger partial charge on any atom is 0.264 e. The third-order valence-electron chi connectivity index (χ3n) is 3.48. The fourth-order valence-electron chi connectivity index (χ4n) is 2.25. The van der Waals surface area contributed by atoms with Gasteiger partial charge in [-0.2, -0.15) is 0 Å². The van der Waals surface area contributed by atoms with Crippen molar-refractivity contribution in [1.82, 2.24) is 0 Å². The van der Waals surface area contributed by atoms with E-state index in [1.54, 1.807) is 31.3 Å². The van der Waals surface area contributed by atoms with Crippen LogP contribution in [0.4, 0.5) is 10.1 Å². The first-order valence-corrected chi connectivity index (χ1v) is 7.56. The number of fused-ring (bicyclic) bond motifs is 1. The van der Waals surface area contributed by atoms with Crippen LogP contribution >= 0.6 is 11.8 Å². The number of carbonyl (C=O) groups is 2. The van der Waals surface area contributed by atoms with Crippen molar-refractivity contribution in [3.63, 3.8) is 0 Å². The van der Waals surface area contributed by atoms with Gasteiger partial charge in [0.1, 0.15) is 5.82 Å². The molecule has 23 heavy (non-hydrogen) atoms. The fourth-order valence-corrected chi connectivity index (χ4v) is 3.34. The number of likely N-dealkylation sites (N-methyl/N-ethyl adjacent to an activating group) is 1. The molecule has 2 aromatic carbocycles. The highest BCUT2D eigenvalue weighted by Crippen LogP contribution is 2.42. The number of amides is 1. The predicted octanol–water partition coefficient (Wildman–Crippen LogP) is 2.30. The van der Waals surface area contributed by atoms with E-state index in [4.69, 9.17) is 0 Å². The number of carbonyl (C=O) groups excluding carboxylic acids is 2. The zero-order valence-corrected chi connectivity index (χ0v) is 12.9. The summed E-state index contributed by atoms with van der Waals surface area (Å²) in [6.07, 6.45) is 1.49. The molecule has 3 rings (SSSR count). The van der Waals surface area contributed by atoms with E-state index < -0.39 is 11.8 Å². The Kier molecular flexibility index (Phi) is 3.92. The van der Waals surface area contributed by atoms with E-state index in [9.17, 15) is 19.1 Å². The molecule has 0 spiro atoms. The minimum Gasteiger partial charge on any atom is -0.545 e. The van der Waals surface area contributed by atoms with Crippen LogP contribution in [0.5, 0.6) is 0 Å². The Morgan fingerprint density at radius 3 is 2.70 bits per heavy atom. The molecule has 4 nitrogen and oxygen atoms in total. The predicted molar refractivity (Wildman–Crippen MR) is 84.4 cm³/mol. The number of nitrogens with zero attached hydrogens (tertiary/aromatic N) is 1. The first-order valence-electron chi connectivity index (χ1n) is 6.75. The maximum absolute atomic E-state index is 13.8. The minimum atomic E-state index is -1.30. The standard InChI is InChI=1S/C17H12FNO3S/c1-19-13-8-11(17(21)22)6-7-14(13)23-15(16(19)20)9-10-4-2-3-5-12(10)18/h2-9H,1H3,(H,21,22)/p-1. The van der Waals surface area contributed by atoms with Gasteiger partial charge in [0.15, 0.2) is 0 Å². The van der Waals surface area contributed by atoms with Gasteiger partial charge in [-0.25, -0.2) is 4.39 Å². The number of thioether (sulfide) groups is 1. The number of anilines is 1. The number of benzene rings is 2. The number of rotatable bonds is 2. The number of halogens is 1. The number of carboxylic acids is 1. The zero-order valence-electron chi connectivity index (χ0n) is 12.1. The molecule has 116 valence electrons. The molecule has 0 bridgehead atoms. The summed E-state index contributed by atoms with van der Waals surface area (Å²) in [6.45, 7) is 0. The van der Waals surface area contributed by atoms with Gasteiger partial charge in [0.25, 0.3) is 5.91 Å². The molecule has 0 atom stereocenters. The second-order valence-corrected chi connectivity index (χ2v) is 6.05. The third-order valence-corrected chi connectivity index (χ3v) is 4.56. The van der Waals surface area contributed by atoms with Crippen molar-refractivity contribution in [1.29, 1.82) is 0 Å². The molecule has 1 amide bonds. The van der Waals surface area contributed by atoms with Gasteiger partial charge in [0.05, 0.1) is 16.6 Å². The van der Waals surface area contributed by atoms with Gasteiger partial charge in [0.2, 0.25) is 0 Å². The third kappa shape index (κ3) is 2.85. The Morgan fingerprint density at radius 2 is 2.00 bits per heavy atom. The molecule has 0 aliphatic carbocycles. The lowest BCUT2D eigenvalue weighted by molar-refractivity contribution is -0.255. The maximum atomic E-state index is 13.8. The second kappa shape index (κ2) is 5.89. The van der Waals surface area contributed by atoms with E-state index in [1.165, 1.54) is 40.9 Å². The molecular formula is C17H11FNO3S-. The molecule has 6 heteroatoms. The van der Waals surface area contributed by atoms with Crippen LogP contribution in [0.1, 0.15) is 15.9 Å². The molecule has 0 N–H and O–H groups in total. The van der Waals surface area contributed by atoms with Crippen LogP contribution in [0.2, 0.25) is 0 Å².